The highest BCUT2D eigenvalue weighted by atomic mass is 32.1. The first-order valence-corrected chi connectivity index (χ1v) is 10.1. The summed E-state index contributed by atoms with van der Waals surface area (Å²) < 4.78 is 20.0. The van der Waals surface area contributed by atoms with E-state index in [1.807, 2.05) is 18.7 Å². The topological polar surface area (TPSA) is 45.7 Å². The molecule has 2 aliphatic rings. The van der Waals surface area contributed by atoms with Gasteiger partial charge in [-0.05, 0) is 44.9 Å². The molecule has 140 valence electrons. The maximum Gasteiger partial charge on any atom is 0.225 e. The van der Waals surface area contributed by atoms with E-state index in [0.29, 0.717) is 13.1 Å². The number of ether oxygens (including phenoxy) is 1. The molecule has 3 heterocycles. The number of rotatable bonds is 2. The van der Waals surface area contributed by atoms with Crippen molar-refractivity contribution in [3.63, 3.8) is 0 Å². The van der Waals surface area contributed by atoms with Gasteiger partial charge in [-0.1, -0.05) is 11.3 Å². The summed E-state index contributed by atoms with van der Waals surface area (Å²) in [6, 6.07) is 4.70. The number of benzene rings is 1. The fourth-order valence-electron chi connectivity index (χ4n) is 3.96. The molecule has 0 spiro atoms. The molecule has 0 bridgehead atoms. The molecule has 0 saturated carbocycles. The lowest BCUT2D eigenvalue weighted by molar-refractivity contribution is -0.148. The number of thiazole rings is 1. The summed E-state index contributed by atoms with van der Waals surface area (Å²) in [5.41, 5.74) is 0.834. The van der Waals surface area contributed by atoms with Crippen LogP contribution in [0.3, 0.4) is 0 Å². The molecule has 5 nitrogen and oxygen atoms in total. The van der Waals surface area contributed by atoms with Crippen molar-refractivity contribution in [2.24, 2.45) is 5.92 Å². The predicted octanol–water partition coefficient (Wildman–Crippen LogP) is 3.29. The average Bonchev–Trinajstić information content (AvgIpc) is 3.03. The van der Waals surface area contributed by atoms with Crippen LogP contribution < -0.4 is 4.90 Å². The number of halogens is 1. The zero-order valence-electron chi connectivity index (χ0n) is 15.2. The molecule has 2 fully saturated rings. The van der Waals surface area contributed by atoms with Crippen molar-refractivity contribution < 1.29 is 13.9 Å². The van der Waals surface area contributed by atoms with Crippen LogP contribution in [0.5, 0.6) is 0 Å². The molecule has 0 N–H and O–H groups in total. The van der Waals surface area contributed by atoms with Crippen LogP contribution in [-0.2, 0) is 9.53 Å². The third kappa shape index (κ3) is 3.55. The van der Waals surface area contributed by atoms with Gasteiger partial charge in [0.15, 0.2) is 5.13 Å². The van der Waals surface area contributed by atoms with Gasteiger partial charge in [0, 0.05) is 32.1 Å². The van der Waals surface area contributed by atoms with Crippen molar-refractivity contribution in [3.05, 3.63) is 24.0 Å². The van der Waals surface area contributed by atoms with Crippen LogP contribution in [0.15, 0.2) is 18.2 Å². The fourth-order valence-corrected chi connectivity index (χ4v) is 5.00. The Kier molecular flexibility index (Phi) is 4.84. The Bertz CT molecular complexity index is 793. The zero-order chi connectivity index (χ0) is 18.3. The first kappa shape index (κ1) is 17.7. The molecule has 1 aromatic carbocycles. The largest absolute Gasteiger partial charge is 0.372 e. The first-order valence-electron chi connectivity index (χ1n) is 9.25. The third-order valence-electron chi connectivity index (χ3n) is 5.19. The number of morpholine rings is 1. The molecule has 2 aliphatic heterocycles. The number of nitrogens with zero attached hydrogens (tertiary/aromatic N) is 3. The number of piperidine rings is 1. The molecule has 4 rings (SSSR count). The number of amides is 1. The van der Waals surface area contributed by atoms with Gasteiger partial charge in [0.2, 0.25) is 5.91 Å². The molecule has 0 radical (unpaired) electrons. The van der Waals surface area contributed by atoms with E-state index in [4.69, 9.17) is 4.74 Å². The van der Waals surface area contributed by atoms with Crippen molar-refractivity contribution in [1.29, 1.82) is 0 Å². The Morgan fingerprint density at radius 2 is 1.92 bits per heavy atom. The SMILES string of the molecule is CC1CN(C(=O)C2CCN(c3nc4ccc(F)cc4s3)CC2)CC(C)O1. The van der Waals surface area contributed by atoms with Crippen LogP contribution in [0, 0.1) is 11.7 Å². The highest BCUT2D eigenvalue weighted by Crippen LogP contribution is 2.32. The van der Waals surface area contributed by atoms with Gasteiger partial charge in [0.1, 0.15) is 5.82 Å². The van der Waals surface area contributed by atoms with Gasteiger partial charge >= 0.3 is 0 Å². The average molecular weight is 377 g/mol. The molecular formula is C19H24FN3O2S. The van der Waals surface area contributed by atoms with E-state index in [1.165, 1.54) is 23.5 Å². The van der Waals surface area contributed by atoms with Crippen LogP contribution >= 0.6 is 11.3 Å². The molecule has 1 amide bonds. The Morgan fingerprint density at radius 3 is 2.62 bits per heavy atom. The molecule has 2 saturated heterocycles. The Hall–Kier alpha value is -1.73. The maximum absolute atomic E-state index is 13.4. The van der Waals surface area contributed by atoms with E-state index in [9.17, 15) is 9.18 Å². The summed E-state index contributed by atoms with van der Waals surface area (Å²) in [6.07, 6.45) is 1.88. The second-order valence-electron chi connectivity index (χ2n) is 7.37. The highest BCUT2D eigenvalue weighted by molar-refractivity contribution is 7.22. The van der Waals surface area contributed by atoms with Crippen LogP contribution in [0.1, 0.15) is 26.7 Å². The van der Waals surface area contributed by atoms with Crippen LogP contribution in [0.25, 0.3) is 10.2 Å². The number of aromatic nitrogens is 1. The lowest BCUT2D eigenvalue weighted by Gasteiger charge is -2.39. The summed E-state index contributed by atoms with van der Waals surface area (Å²) in [7, 11) is 0. The standard InChI is InChI=1S/C19H24FN3O2S/c1-12-10-23(11-13(2)25-12)18(24)14-5-7-22(8-6-14)19-21-16-4-3-15(20)9-17(16)26-19/h3-4,9,12-14H,5-8,10-11H2,1-2H3. The Morgan fingerprint density at radius 1 is 1.23 bits per heavy atom. The summed E-state index contributed by atoms with van der Waals surface area (Å²) in [6.45, 7) is 7.05. The number of hydrogen-bond acceptors (Lipinski definition) is 5. The van der Waals surface area contributed by atoms with E-state index < -0.39 is 0 Å². The summed E-state index contributed by atoms with van der Waals surface area (Å²) in [5.74, 6) is 0.111. The van der Waals surface area contributed by atoms with Crippen molar-refractivity contribution in [2.75, 3.05) is 31.1 Å². The minimum absolute atomic E-state index is 0.0792. The molecule has 2 atom stereocenters. The molecule has 1 aromatic heterocycles. The van der Waals surface area contributed by atoms with Crippen LogP contribution in [0.4, 0.5) is 9.52 Å². The molecule has 0 aliphatic carbocycles. The van der Waals surface area contributed by atoms with Gasteiger partial charge in [0.05, 0.1) is 22.4 Å². The quantitative estimate of drug-likeness (QED) is 0.806. The number of hydrogen-bond donors (Lipinski definition) is 0. The van der Waals surface area contributed by atoms with Crippen LogP contribution in [-0.4, -0.2) is 54.2 Å². The normalized spacial score (nSPS) is 25.0. The van der Waals surface area contributed by atoms with E-state index in [-0.39, 0.29) is 29.9 Å². The van der Waals surface area contributed by atoms with E-state index in [2.05, 4.69) is 9.88 Å². The monoisotopic (exact) mass is 377 g/mol. The van der Waals surface area contributed by atoms with Gasteiger partial charge in [-0.25, -0.2) is 9.37 Å². The van der Waals surface area contributed by atoms with E-state index >= 15 is 0 Å². The zero-order valence-corrected chi connectivity index (χ0v) is 16.0. The Labute approximate surface area is 156 Å². The van der Waals surface area contributed by atoms with Crippen LogP contribution in [0.2, 0.25) is 0 Å². The molecule has 2 aromatic rings. The van der Waals surface area contributed by atoms with Gasteiger partial charge in [0.25, 0.3) is 0 Å². The second kappa shape index (κ2) is 7.12. The summed E-state index contributed by atoms with van der Waals surface area (Å²) in [4.78, 5) is 21.7. The lowest BCUT2D eigenvalue weighted by atomic mass is 9.95. The van der Waals surface area contributed by atoms with Gasteiger partial charge in [-0.15, -0.1) is 0 Å². The predicted molar refractivity (Wildman–Crippen MR) is 101 cm³/mol. The molecule has 2 unspecified atom stereocenters. The number of carbonyl (C=O) groups is 1. The van der Waals surface area contributed by atoms with Gasteiger partial charge < -0.3 is 14.5 Å². The van der Waals surface area contributed by atoms with Crippen molar-refractivity contribution >= 4 is 32.6 Å². The minimum Gasteiger partial charge on any atom is -0.372 e. The van der Waals surface area contributed by atoms with E-state index in [0.717, 1.165) is 41.3 Å². The second-order valence-corrected chi connectivity index (χ2v) is 8.38. The lowest BCUT2D eigenvalue weighted by Crippen LogP contribution is -2.51. The number of carbonyl (C=O) groups excluding carboxylic acids is 1. The number of anilines is 1. The summed E-state index contributed by atoms with van der Waals surface area (Å²) in [5, 5.41) is 0.921. The van der Waals surface area contributed by atoms with Crippen molar-refractivity contribution in [2.45, 2.75) is 38.9 Å². The number of fused-ring (bicyclic) bond motifs is 1. The van der Waals surface area contributed by atoms with Gasteiger partial charge in [-0.3, -0.25) is 4.79 Å². The molecule has 26 heavy (non-hydrogen) atoms. The van der Waals surface area contributed by atoms with Gasteiger partial charge in [-0.2, -0.15) is 0 Å². The molecule has 7 heteroatoms. The maximum atomic E-state index is 13.4. The Balaban J connectivity index is 1.39. The smallest absolute Gasteiger partial charge is 0.225 e. The van der Waals surface area contributed by atoms with E-state index in [1.54, 1.807) is 6.07 Å². The highest BCUT2D eigenvalue weighted by Gasteiger charge is 2.33. The first-order chi connectivity index (χ1) is 12.5. The third-order valence-corrected chi connectivity index (χ3v) is 6.26. The molecular weight excluding hydrogens is 353 g/mol. The summed E-state index contributed by atoms with van der Waals surface area (Å²) >= 11 is 1.52. The fraction of sp³-hybridized carbons (Fsp3) is 0.579. The minimum atomic E-state index is -0.231. The van der Waals surface area contributed by atoms with Crippen molar-refractivity contribution in [3.8, 4) is 0 Å². The van der Waals surface area contributed by atoms with Crippen molar-refractivity contribution in [1.82, 2.24) is 9.88 Å².